The molecule has 71 heavy (non-hydrogen) atoms. The number of piperazine rings is 3. The molecule has 1 N–H and O–H groups in total. The molecule has 390 valence electrons. The van der Waals surface area contributed by atoms with Gasteiger partial charge >= 0.3 is 18.3 Å². The van der Waals surface area contributed by atoms with Crippen molar-refractivity contribution in [1.29, 1.82) is 0 Å². The SMILES string of the molecule is CC(=O)N(C)Cc1ccc(N2CCN(C(=O)OC(C)(C)C)CC2)c(F)c1.CNCc1ccc(N2CCN(C(=O)OC(C)(C)C)CC2)c(F)c1.[C-]#[N+]c1ccc(N2CCN(C(=O)OC(C)(C)C)CC2)c(F)c1. The number of amides is 4. The first-order chi connectivity index (χ1) is 33.2. The number of hydrogen-bond acceptors (Lipinski definition) is 11. The van der Waals surface area contributed by atoms with E-state index in [9.17, 15) is 32.3 Å². The molecule has 3 aromatic carbocycles. The van der Waals surface area contributed by atoms with Crippen molar-refractivity contribution in [2.45, 2.75) is 99.1 Å². The van der Waals surface area contributed by atoms with Crippen LogP contribution in [0.4, 0.5) is 50.3 Å². The summed E-state index contributed by atoms with van der Waals surface area (Å²) in [4.78, 5) is 62.9. The Morgan fingerprint density at radius 1 is 0.563 bits per heavy atom. The van der Waals surface area contributed by atoms with Gasteiger partial charge in [0.1, 0.15) is 34.3 Å². The van der Waals surface area contributed by atoms with Crippen LogP contribution in [0.2, 0.25) is 0 Å². The summed E-state index contributed by atoms with van der Waals surface area (Å²) in [7, 11) is 3.52. The Labute approximate surface area is 418 Å². The zero-order chi connectivity index (χ0) is 52.8. The Hall–Kier alpha value is -6.42. The lowest BCUT2D eigenvalue weighted by Gasteiger charge is -2.37. The number of halogens is 3. The lowest BCUT2D eigenvalue weighted by atomic mass is 10.1. The smallest absolute Gasteiger partial charge is 0.410 e. The van der Waals surface area contributed by atoms with E-state index in [1.54, 1.807) is 46.0 Å². The maximum atomic E-state index is 14.5. The molecule has 0 radical (unpaired) electrons. The van der Waals surface area contributed by atoms with Crippen LogP contribution >= 0.6 is 0 Å². The van der Waals surface area contributed by atoms with E-state index in [1.165, 1.54) is 24.0 Å². The molecule has 4 amide bonds. The second-order valence-corrected chi connectivity index (χ2v) is 20.6. The van der Waals surface area contributed by atoms with Crippen LogP contribution in [0.25, 0.3) is 4.85 Å². The number of rotatable bonds is 7. The van der Waals surface area contributed by atoms with Crippen molar-refractivity contribution in [3.8, 4) is 0 Å². The van der Waals surface area contributed by atoms with E-state index in [2.05, 4.69) is 10.2 Å². The lowest BCUT2D eigenvalue weighted by molar-refractivity contribution is -0.128. The standard InChI is InChI=1S/C19H28FN3O3.C17H26FN3O2.C16H20FN3O2/c1-14(24)21(5)13-15-6-7-17(16(20)12-15)22-8-10-23(11-9-22)18(25)26-19(2,3)4;1-17(2,3)23-16(22)21-9-7-20(8-10-21)15-6-5-13(12-19-4)11-14(15)18;1-16(2,3)22-15(21)20-9-7-19(8-10-20)14-6-5-12(18-4)11-13(14)17/h6-7,12H,8-11,13H2,1-5H3;5-6,11,19H,7-10,12H2,1-4H3;5-6,11H,7-10H2,1-3H3. The van der Waals surface area contributed by atoms with Gasteiger partial charge in [-0.1, -0.05) is 18.2 Å². The minimum atomic E-state index is -0.525. The summed E-state index contributed by atoms with van der Waals surface area (Å²) >= 11 is 0. The summed E-state index contributed by atoms with van der Waals surface area (Å²) in [6.07, 6.45) is -0.974. The molecule has 0 spiro atoms. The van der Waals surface area contributed by atoms with Gasteiger partial charge in [0.25, 0.3) is 0 Å². The molecule has 0 saturated carbocycles. The molecular weight excluding hydrogens is 920 g/mol. The topological polar surface area (TPSA) is 135 Å². The molecule has 3 aliphatic heterocycles. The zero-order valence-electron chi connectivity index (χ0n) is 43.7. The lowest BCUT2D eigenvalue weighted by Crippen LogP contribution is -2.50. The van der Waals surface area contributed by atoms with Crippen molar-refractivity contribution in [3.05, 3.63) is 94.6 Å². The second kappa shape index (κ2) is 25.1. The van der Waals surface area contributed by atoms with E-state index >= 15 is 0 Å². The molecule has 6 rings (SSSR count). The van der Waals surface area contributed by atoms with E-state index in [-0.39, 0.29) is 41.5 Å². The van der Waals surface area contributed by atoms with Gasteiger partial charge in [0.05, 0.1) is 23.6 Å². The third-order valence-corrected chi connectivity index (χ3v) is 11.2. The number of hydrogen-bond donors (Lipinski definition) is 1. The van der Waals surface area contributed by atoms with Crippen LogP contribution in [0.3, 0.4) is 0 Å². The number of nitrogens with zero attached hydrogens (tertiary/aromatic N) is 8. The Bertz CT molecular complexity index is 2320. The zero-order valence-corrected chi connectivity index (χ0v) is 43.7. The predicted molar refractivity (Wildman–Crippen MR) is 270 cm³/mol. The van der Waals surface area contributed by atoms with Crippen LogP contribution in [-0.2, 0) is 32.1 Å². The average molecular weight is 994 g/mol. The number of carbonyl (C=O) groups is 4. The summed E-state index contributed by atoms with van der Waals surface area (Å²) in [6.45, 7) is 32.3. The third-order valence-electron chi connectivity index (χ3n) is 11.2. The number of anilines is 3. The van der Waals surface area contributed by atoms with E-state index in [0.717, 1.165) is 11.1 Å². The number of ether oxygens (including phenoxy) is 3. The van der Waals surface area contributed by atoms with E-state index in [1.807, 2.05) is 102 Å². The first-order valence-electron chi connectivity index (χ1n) is 24.0. The molecule has 19 heteroatoms. The molecule has 0 unspecified atom stereocenters. The summed E-state index contributed by atoms with van der Waals surface area (Å²) < 4.78 is 58.9. The molecule has 3 saturated heterocycles. The summed E-state index contributed by atoms with van der Waals surface area (Å²) in [5.74, 6) is -0.999. The Morgan fingerprint density at radius 3 is 1.18 bits per heavy atom. The maximum Gasteiger partial charge on any atom is 0.410 e. The molecular formula is C52H74F3N9O7. The highest BCUT2D eigenvalue weighted by atomic mass is 19.1. The van der Waals surface area contributed by atoms with E-state index < -0.39 is 22.6 Å². The van der Waals surface area contributed by atoms with Crippen molar-refractivity contribution >= 4 is 46.9 Å². The summed E-state index contributed by atoms with van der Waals surface area (Å²) in [5, 5.41) is 3.01. The van der Waals surface area contributed by atoms with Crippen molar-refractivity contribution < 1.29 is 46.6 Å². The van der Waals surface area contributed by atoms with Gasteiger partial charge < -0.3 is 53.8 Å². The first-order valence-corrected chi connectivity index (χ1v) is 24.0. The summed E-state index contributed by atoms with van der Waals surface area (Å²) in [5.41, 5.74) is 1.99. The van der Waals surface area contributed by atoms with Crippen molar-refractivity contribution in [3.63, 3.8) is 0 Å². The average Bonchev–Trinajstić information content (AvgIpc) is 3.28. The number of nitrogens with one attached hydrogen (secondary N) is 1. The molecule has 0 atom stereocenters. The fraction of sp³-hybridized carbons (Fsp3) is 0.558. The van der Waals surface area contributed by atoms with Crippen LogP contribution in [0.15, 0.2) is 54.6 Å². The van der Waals surface area contributed by atoms with Crippen molar-refractivity contribution in [2.24, 2.45) is 0 Å². The van der Waals surface area contributed by atoms with Gasteiger partial charge in [-0.25, -0.2) is 32.4 Å². The Morgan fingerprint density at radius 2 is 0.887 bits per heavy atom. The third kappa shape index (κ3) is 18.4. The molecule has 0 aliphatic carbocycles. The maximum absolute atomic E-state index is 14.5. The van der Waals surface area contributed by atoms with Gasteiger partial charge in [0, 0.05) is 106 Å². The monoisotopic (exact) mass is 994 g/mol. The number of benzene rings is 3. The van der Waals surface area contributed by atoms with Gasteiger partial charge in [-0.05, 0) is 117 Å². The van der Waals surface area contributed by atoms with Crippen LogP contribution in [0, 0.1) is 24.0 Å². The quantitative estimate of drug-likeness (QED) is 0.180. The molecule has 3 aromatic rings. The molecule has 16 nitrogen and oxygen atoms in total. The normalized spacial score (nSPS) is 15.4. The Balaban J connectivity index is 0.000000232. The Kier molecular flexibility index (Phi) is 20.2. The molecule has 0 aromatic heterocycles. The van der Waals surface area contributed by atoms with Gasteiger partial charge in [-0.3, -0.25) is 4.79 Å². The largest absolute Gasteiger partial charge is 0.444 e. The highest BCUT2D eigenvalue weighted by Crippen LogP contribution is 2.27. The molecule has 3 aliphatic rings. The minimum absolute atomic E-state index is 0.0623. The highest BCUT2D eigenvalue weighted by molar-refractivity contribution is 5.73. The van der Waals surface area contributed by atoms with Crippen molar-refractivity contribution in [1.82, 2.24) is 24.9 Å². The van der Waals surface area contributed by atoms with E-state index in [4.69, 9.17) is 20.8 Å². The highest BCUT2D eigenvalue weighted by Gasteiger charge is 2.30. The molecule has 0 bridgehead atoms. The minimum Gasteiger partial charge on any atom is -0.444 e. The van der Waals surface area contributed by atoms with Crippen LogP contribution < -0.4 is 20.0 Å². The second-order valence-electron chi connectivity index (χ2n) is 20.6. The fourth-order valence-electron chi connectivity index (χ4n) is 7.60. The molecule has 3 heterocycles. The first kappa shape index (κ1) is 57.2. The van der Waals surface area contributed by atoms with Gasteiger partial charge in [-0.2, -0.15) is 0 Å². The summed E-state index contributed by atoms with van der Waals surface area (Å²) in [6, 6.07) is 14.8. The van der Waals surface area contributed by atoms with E-state index in [0.29, 0.717) is 109 Å². The van der Waals surface area contributed by atoms with Gasteiger partial charge in [0.15, 0.2) is 5.69 Å². The predicted octanol–water partition coefficient (Wildman–Crippen LogP) is 8.90. The van der Waals surface area contributed by atoms with Crippen LogP contribution in [-0.4, -0.2) is 153 Å². The van der Waals surface area contributed by atoms with Crippen LogP contribution in [0.1, 0.15) is 80.4 Å². The van der Waals surface area contributed by atoms with Gasteiger partial charge in [0.2, 0.25) is 5.91 Å². The van der Waals surface area contributed by atoms with Crippen LogP contribution in [0.5, 0.6) is 0 Å². The van der Waals surface area contributed by atoms with Crippen molar-refractivity contribution in [2.75, 3.05) is 107 Å². The van der Waals surface area contributed by atoms with Gasteiger partial charge in [-0.15, -0.1) is 0 Å². The molecule has 3 fully saturated rings. The fourth-order valence-corrected chi connectivity index (χ4v) is 7.60. The number of carbonyl (C=O) groups excluding carboxylic acids is 4.